The Hall–Kier alpha value is -1.52. The third-order valence-corrected chi connectivity index (χ3v) is 7.45. The molecule has 4 heterocycles. The van der Waals surface area contributed by atoms with Gasteiger partial charge in [0.25, 0.3) is 6.01 Å². The summed E-state index contributed by atoms with van der Waals surface area (Å²) in [7, 11) is 0. The van der Waals surface area contributed by atoms with Gasteiger partial charge in [-0.1, -0.05) is 19.1 Å². The van der Waals surface area contributed by atoms with Crippen molar-refractivity contribution in [2.24, 2.45) is 11.8 Å². The number of aromatic nitrogens is 1. The summed E-state index contributed by atoms with van der Waals surface area (Å²) in [5, 5.41) is 21.8. The molecule has 3 aliphatic rings. The van der Waals surface area contributed by atoms with E-state index in [0.717, 1.165) is 11.1 Å². The largest absolute Gasteiger partial charge is 1.00 e. The van der Waals surface area contributed by atoms with Crippen molar-refractivity contribution in [3.63, 3.8) is 0 Å². The molecule has 1 N–H and O–H groups in total. The quantitative estimate of drug-likeness (QED) is 0.406. The molecule has 0 spiro atoms. The number of amides is 1. The fourth-order valence-electron chi connectivity index (χ4n) is 4.51. The molecule has 0 aliphatic carbocycles. The second kappa shape index (κ2) is 7.87. The third kappa shape index (κ3) is 3.18. The number of fused-ring (bicyclic) bond motifs is 2. The summed E-state index contributed by atoms with van der Waals surface area (Å²) in [6.45, 7) is 4.83. The van der Waals surface area contributed by atoms with E-state index in [4.69, 9.17) is 4.42 Å². The van der Waals surface area contributed by atoms with Gasteiger partial charge >= 0.3 is 29.6 Å². The average Bonchev–Trinajstić information content (AvgIpc) is 3.15. The summed E-state index contributed by atoms with van der Waals surface area (Å²) in [6.07, 6.45) is -0.808. The van der Waals surface area contributed by atoms with Crippen molar-refractivity contribution in [2.75, 3.05) is 18.0 Å². The smallest absolute Gasteiger partial charge is 0.543 e. The van der Waals surface area contributed by atoms with E-state index in [2.05, 4.69) is 4.98 Å². The summed E-state index contributed by atoms with van der Waals surface area (Å²) in [6, 6.07) is 7.81. The minimum absolute atomic E-state index is 0. The summed E-state index contributed by atoms with van der Waals surface area (Å²) in [5.74, 6) is -2.39. The van der Waals surface area contributed by atoms with Crippen LogP contribution in [0.25, 0.3) is 11.1 Å². The molecule has 152 valence electrons. The Balaban J connectivity index is 0.00000218. The number of carbonyl (C=O) groups is 2. The van der Waals surface area contributed by atoms with Gasteiger partial charge < -0.3 is 29.2 Å². The molecule has 30 heavy (non-hydrogen) atoms. The number of benzene rings is 1. The van der Waals surface area contributed by atoms with E-state index in [0.29, 0.717) is 24.0 Å². The predicted octanol–water partition coefficient (Wildman–Crippen LogP) is -2.43. The molecule has 0 radical (unpaired) electrons. The van der Waals surface area contributed by atoms with Gasteiger partial charge in [0.05, 0.1) is 29.7 Å². The molecular formula is C20H20N3NaO5S. The van der Waals surface area contributed by atoms with E-state index in [9.17, 15) is 19.8 Å². The number of β-lactam (4-membered cyclic amide) rings is 1. The first-order valence-corrected chi connectivity index (χ1v) is 10.5. The number of nitrogens with zero attached hydrogens (tertiary/aromatic N) is 3. The maximum atomic E-state index is 12.4. The van der Waals surface area contributed by atoms with Crippen molar-refractivity contribution in [3.8, 4) is 0 Å². The number of aliphatic hydroxyl groups is 1. The second-order valence-corrected chi connectivity index (χ2v) is 9.21. The van der Waals surface area contributed by atoms with Gasteiger partial charge in [-0.25, -0.2) is 0 Å². The number of oxazole rings is 1. The molecule has 3 aliphatic heterocycles. The van der Waals surface area contributed by atoms with Crippen LogP contribution in [0.15, 0.2) is 39.3 Å². The minimum Gasteiger partial charge on any atom is -0.543 e. The number of thioether (sulfide) groups is 1. The van der Waals surface area contributed by atoms with Crippen LogP contribution >= 0.6 is 11.8 Å². The molecule has 0 saturated carbocycles. The van der Waals surface area contributed by atoms with Crippen LogP contribution < -0.4 is 39.6 Å². The van der Waals surface area contributed by atoms with Crippen LogP contribution in [0.5, 0.6) is 0 Å². The van der Waals surface area contributed by atoms with Crippen LogP contribution in [0.4, 0.5) is 6.01 Å². The van der Waals surface area contributed by atoms with Gasteiger partial charge in [0, 0.05) is 29.2 Å². The van der Waals surface area contributed by atoms with E-state index in [1.165, 1.54) is 16.7 Å². The first kappa shape index (κ1) is 21.7. The second-order valence-electron chi connectivity index (χ2n) is 7.86. The van der Waals surface area contributed by atoms with Crippen LogP contribution in [0.2, 0.25) is 0 Å². The third-order valence-electron chi connectivity index (χ3n) is 6.00. The van der Waals surface area contributed by atoms with Crippen molar-refractivity contribution in [3.05, 3.63) is 34.9 Å². The number of anilines is 1. The Morgan fingerprint density at radius 1 is 1.37 bits per heavy atom. The van der Waals surface area contributed by atoms with Gasteiger partial charge in [-0.15, -0.1) is 11.8 Å². The van der Waals surface area contributed by atoms with Crippen LogP contribution in [-0.4, -0.2) is 57.4 Å². The molecule has 2 saturated heterocycles. The van der Waals surface area contributed by atoms with Gasteiger partial charge in [-0.2, -0.15) is 4.98 Å². The molecule has 2 aromatic rings. The van der Waals surface area contributed by atoms with E-state index in [1.54, 1.807) is 6.92 Å². The monoisotopic (exact) mass is 437 g/mol. The Kier molecular flexibility index (Phi) is 5.69. The first-order valence-electron chi connectivity index (χ1n) is 9.60. The number of rotatable bonds is 5. The Labute approximate surface area is 199 Å². The summed E-state index contributed by atoms with van der Waals surface area (Å²) in [5.41, 5.74) is 1.50. The minimum atomic E-state index is -1.34. The van der Waals surface area contributed by atoms with Crippen molar-refractivity contribution in [1.29, 1.82) is 0 Å². The number of para-hydroxylation sites is 2. The maximum Gasteiger partial charge on any atom is 1.00 e. The van der Waals surface area contributed by atoms with Gasteiger partial charge in [0.1, 0.15) is 5.52 Å². The van der Waals surface area contributed by atoms with Crippen molar-refractivity contribution in [1.82, 2.24) is 9.88 Å². The van der Waals surface area contributed by atoms with E-state index < -0.39 is 18.0 Å². The fraction of sp³-hybridized carbons (Fsp3) is 0.450. The topological polar surface area (TPSA) is 110 Å². The summed E-state index contributed by atoms with van der Waals surface area (Å²) in [4.78, 5) is 32.6. The number of carboxylic acid groups (broad SMARTS) is 1. The molecule has 10 heteroatoms. The number of aliphatic hydroxyl groups excluding tert-OH is 1. The normalized spacial score (nSPS) is 26.9. The predicted molar refractivity (Wildman–Crippen MR) is 105 cm³/mol. The molecular weight excluding hydrogens is 417 g/mol. The molecule has 0 unspecified atom stereocenters. The molecule has 1 aromatic heterocycles. The van der Waals surface area contributed by atoms with Crippen LogP contribution in [0, 0.1) is 11.8 Å². The molecule has 1 amide bonds. The van der Waals surface area contributed by atoms with Crippen molar-refractivity contribution < 1.29 is 53.8 Å². The number of carboxylic acids is 1. The van der Waals surface area contributed by atoms with Gasteiger partial charge in [0.15, 0.2) is 5.58 Å². The molecule has 5 rings (SSSR count). The van der Waals surface area contributed by atoms with Gasteiger partial charge in [0.2, 0.25) is 5.91 Å². The van der Waals surface area contributed by atoms with Crippen LogP contribution in [0.3, 0.4) is 0 Å². The van der Waals surface area contributed by atoms with E-state index in [-0.39, 0.29) is 58.4 Å². The van der Waals surface area contributed by atoms with Crippen LogP contribution in [-0.2, 0) is 9.59 Å². The average molecular weight is 437 g/mol. The zero-order valence-electron chi connectivity index (χ0n) is 16.9. The van der Waals surface area contributed by atoms with E-state index in [1.807, 2.05) is 36.1 Å². The first-order chi connectivity index (χ1) is 13.9. The number of aliphatic carboxylic acids is 1. The number of hydrogen-bond acceptors (Lipinski definition) is 8. The zero-order chi connectivity index (χ0) is 20.4. The van der Waals surface area contributed by atoms with Crippen molar-refractivity contribution >= 4 is 40.8 Å². The van der Waals surface area contributed by atoms with Gasteiger partial charge in [-0.05, 0) is 19.1 Å². The fourth-order valence-corrected chi connectivity index (χ4v) is 6.03. The SMILES string of the molecule is C[C@@H](O)[C@H]1C(=O)N2C(C(=O)[O-])=C(SC3CN(c4nc5ccccc5o4)C3)[C@H](C)[C@H]12.[Na+]. The van der Waals surface area contributed by atoms with Crippen molar-refractivity contribution in [2.45, 2.75) is 31.2 Å². The van der Waals surface area contributed by atoms with Crippen LogP contribution in [0.1, 0.15) is 13.8 Å². The Bertz CT molecular complexity index is 1010. The Morgan fingerprint density at radius 3 is 2.70 bits per heavy atom. The summed E-state index contributed by atoms with van der Waals surface area (Å²) < 4.78 is 5.78. The number of hydrogen-bond donors (Lipinski definition) is 1. The number of carbonyl (C=O) groups excluding carboxylic acids is 2. The molecule has 1 aromatic carbocycles. The standard InChI is InChI=1S/C20H21N3O5S.Na/c1-9-15-14(10(2)24)18(25)23(15)16(19(26)27)17(9)29-11-7-22(8-11)20-21-12-5-3-4-6-13(12)28-20;/h3-6,9-11,14-15,24H,7-8H2,1-2H3,(H,26,27);/q;+1/p-1/t9-,10-,14-,15-;/m1./s1. The van der Waals surface area contributed by atoms with E-state index >= 15 is 0 Å². The van der Waals surface area contributed by atoms with Gasteiger partial charge in [-0.3, -0.25) is 4.79 Å². The zero-order valence-corrected chi connectivity index (χ0v) is 19.8. The molecule has 4 atom stereocenters. The molecule has 2 fully saturated rings. The molecule has 0 bridgehead atoms. The maximum absolute atomic E-state index is 12.4. The molecule has 8 nitrogen and oxygen atoms in total. The Morgan fingerprint density at radius 2 is 2.07 bits per heavy atom. The summed E-state index contributed by atoms with van der Waals surface area (Å²) >= 11 is 1.48.